The third kappa shape index (κ3) is 5.21. The Balaban J connectivity index is 1.54. The van der Waals surface area contributed by atoms with Crippen LogP contribution < -0.4 is 10.2 Å². The van der Waals surface area contributed by atoms with Crippen LogP contribution in [0.2, 0.25) is 0 Å². The zero-order chi connectivity index (χ0) is 20.7. The van der Waals surface area contributed by atoms with E-state index >= 15 is 0 Å². The van der Waals surface area contributed by atoms with Gasteiger partial charge in [0.25, 0.3) is 0 Å². The highest BCUT2D eigenvalue weighted by Gasteiger charge is 2.31. The average molecular weight is 416 g/mol. The van der Waals surface area contributed by atoms with Gasteiger partial charge in [-0.25, -0.2) is 13.8 Å². The third-order valence-corrected chi connectivity index (χ3v) is 6.72. The topological polar surface area (TPSA) is 88.1 Å². The molecule has 1 aliphatic rings. The number of amides is 1. The van der Waals surface area contributed by atoms with Crippen molar-refractivity contribution < 1.29 is 17.9 Å². The summed E-state index contributed by atoms with van der Waals surface area (Å²) in [6.45, 7) is 3.07. The zero-order valence-corrected chi connectivity index (χ0v) is 17.1. The molecule has 8 heteroatoms. The summed E-state index contributed by atoms with van der Waals surface area (Å²) in [5.41, 5.74) is 3.34. The minimum atomic E-state index is -3.52. The molecule has 0 aliphatic carbocycles. The van der Waals surface area contributed by atoms with Crippen LogP contribution in [0.4, 0.5) is 0 Å². The lowest BCUT2D eigenvalue weighted by Gasteiger charge is -2.30. The maximum absolute atomic E-state index is 12.7. The van der Waals surface area contributed by atoms with Gasteiger partial charge in [-0.15, -0.1) is 0 Å². The van der Waals surface area contributed by atoms with Crippen LogP contribution in [0.5, 0.6) is 5.75 Å². The monoisotopic (exact) mass is 415 g/mol. The summed E-state index contributed by atoms with van der Waals surface area (Å²) in [6, 6.07) is 15.8. The normalized spacial score (nSPS) is 16.0. The largest absolute Gasteiger partial charge is 0.493 e. The van der Waals surface area contributed by atoms with Gasteiger partial charge in [-0.2, -0.15) is 9.41 Å². The van der Waals surface area contributed by atoms with Gasteiger partial charge in [0.2, 0.25) is 15.9 Å². The molecule has 154 valence electrons. The molecule has 1 aliphatic heterocycles. The molecule has 7 nitrogen and oxygen atoms in total. The van der Waals surface area contributed by atoms with E-state index < -0.39 is 10.0 Å². The van der Waals surface area contributed by atoms with Crippen LogP contribution in [0.1, 0.15) is 25.3 Å². The molecule has 1 fully saturated rings. The van der Waals surface area contributed by atoms with Crippen molar-refractivity contribution in [2.75, 3.05) is 19.7 Å². The maximum Gasteiger partial charge on any atom is 0.243 e. The average Bonchev–Trinajstić information content (AvgIpc) is 2.76. The number of carbonyl (C=O) groups is 1. The summed E-state index contributed by atoms with van der Waals surface area (Å²) >= 11 is 0. The second kappa shape index (κ2) is 9.67. The lowest BCUT2D eigenvalue weighted by Crippen LogP contribution is -2.42. The fourth-order valence-corrected chi connectivity index (χ4v) is 4.72. The molecule has 1 amide bonds. The SMILES string of the molecule is CCOc1ccccc1/C=N\NC(=O)C1CCN(S(=O)(=O)c2ccccc2)CC1. The lowest BCUT2D eigenvalue weighted by molar-refractivity contribution is -0.126. The van der Waals surface area contributed by atoms with Gasteiger partial charge in [-0.1, -0.05) is 30.3 Å². The second-order valence-corrected chi connectivity index (χ2v) is 8.63. The number of piperidine rings is 1. The Labute approximate surface area is 171 Å². The molecular formula is C21H25N3O4S. The Morgan fingerprint density at radius 2 is 1.79 bits per heavy atom. The van der Waals surface area contributed by atoms with Gasteiger partial charge < -0.3 is 4.74 Å². The highest BCUT2D eigenvalue weighted by molar-refractivity contribution is 7.89. The van der Waals surface area contributed by atoms with Crippen molar-refractivity contribution in [3.05, 3.63) is 60.2 Å². The van der Waals surface area contributed by atoms with Crippen LogP contribution in [0.3, 0.4) is 0 Å². The predicted octanol–water partition coefficient (Wildman–Crippen LogP) is 2.64. The van der Waals surface area contributed by atoms with Crippen LogP contribution in [0, 0.1) is 5.92 Å². The molecule has 1 N–H and O–H groups in total. The highest BCUT2D eigenvalue weighted by Crippen LogP contribution is 2.24. The maximum atomic E-state index is 12.7. The number of hydrogen-bond donors (Lipinski definition) is 1. The van der Waals surface area contributed by atoms with Crippen LogP contribution in [-0.2, 0) is 14.8 Å². The number of rotatable bonds is 7. The first-order chi connectivity index (χ1) is 14.0. The molecule has 3 rings (SSSR count). The molecule has 0 radical (unpaired) electrons. The number of para-hydroxylation sites is 1. The van der Waals surface area contributed by atoms with Crippen LogP contribution in [0.15, 0.2) is 64.6 Å². The van der Waals surface area contributed by atoms with E-state index in [1.165, 1.54) is 4.31 Å². The van der Waals surface area contributed by atoms with Crippen molar-refractivity contribution in [3.63, 3.8) is 0 Å². The minimum Gasteiger partial charge on any atom is -0.493 e. The number of benzene rings is 2. The first-order valence-corrected chi connectivity index (χ1v) is 11.1. The smallest absolute Gasteiger partial charge is 0.243 e. The standard InChI is InChI=1S/C21H25N3O4S/c1-2-28-20-11-7-6-8-18(20)16-22-23-21(25)17-12-14-24(15-13-17)29(26,27)19-9-4-3-5-10-19/h3-11,16-17H,2,12-15H2,1H3,(H,23,25)/b22-16-. The molecule has 1 saturated heterocycles. The van der Waals surface area contributed by atoms with E-state index in [0.717, 1.165) is 5.56 Å². The molecule has 29 heavy (non-hydrogen) atoms. The molecule has 0 bridgehead atoms. The first kappa shape index (κ1) is 21.0. The number of hydrogen-bond acceptors (Lipinski definition) is 5. The van der Waals surface area contributed by atoms with Gasteiger partial charge >= 0.3 is 0 Å². The van der Waals surface area contributed by atoms with Gasteiger partial charge in [-0.05, 0) is 44.0 Å². The van der Waals surface area contributed by atoms with E-state index in [0.29, 0.717) is 38.3 Å². The molecule has 0 atom stereocenters. The van der Waals surface area contributed by atoms with Crippen molar-refractivity contribution in [2.24, 2.45) is 11.0 Å². The van der Waals surface area contributed by atoms with Gasteiger partial charge in [0.05, 0.1) is 17.7 Å². The van der Waals surface area contributed by atoms with E-state index in [9.17, 15) is 13.2 Å². The third-order valence-electron chi connectivity index (χ3n) is 4.80. The zero-order valence-electron chi connectivity index (χ0n) is 16.3. The summed E-state index contributed by atoms with van der Waals surface area (Å²) in [5.74, 6) is 0.232. The van der Waals surface area contributed by atoms with Gasteiger partial charge in [0, 0.05) is 24.6 Å². The highest BCUT2D eigenvalue weighted by atomic mass is 32.2. The number of carbonyl (C=O) groups excluding carboxylic acids is 1. The van der Waals surface area contributed by atoms with E-state index in [2.05, 4.69) is 10.5 Å². The molecule has 0 unspecified atom stereocenters. The van der Waals surface area contributed by atoms with Crippen LogP contribution in [0.25, 0.3) is 0 Å². The number of nitrogens with one attached hydrogen (secondary N) is 1. The Kier molecular flexibility index (Phi) is 7.00. The number of nitrogens with zero attached hydrogens (tertiary/aromatic N) is 2. The molecule has 0 spiro atoms. The second-order valence-electron chi connectivity index (χ2n) is 6.70. The number of ether oxygens (including phenoxy) is 1. The Hall–Kier alpha value is -2.71. The fourth-order valence-electron chi connectivity index (χ4n) is 3.23. The van der Waals surface area contributed by atoms with Crippen molar-refractivity contribution >= 4 is 22.1 Å². The van der Waals surface area contributed by atoms with Crippen molar-refractivity contribution in [3.8, 4) is 5.75 Å². The van der Waals surface area contributed by atoms with Crippen LogP contribution >= 0.6 is 0 Å². The molecule has 2 aromatic carbocycles. The summed E-state index contributed by atoms with van der Waals surface area (Å²) < 4.78 is 32.3. The van der Waals surface area contributed by atoms with Crippen molar-refractivity contribution in [2.45, 2.75) is 24.7 Å². The van der Waals surface area contributed by atoms with E-state index in [4.69, 9.17) is 4.74 Å². The molecule has 0 aromatic heterocycles. The Morgan fingerprint density at radius 3 is 2.48 bits per heavy atom. The molecular weight excluding hydrogens is 390 g/mol. The summed E-state index contributed by atoms with van der Waals surface area (Å²) in [5, 5.41) is 4.04. The van der Waals surface area contributed by atoms with Gasteiger partial charge in [-0.3, -0.25) is 4.79 Å². The lowest BCUT2D eigenvalue weighted by atomic mass is 9.98. The molecule has 2 aromatic rings. The van der Waals surface area contributed by atoms with E-state index in [1.807, 2.05) is 31.2 Å². The summed E-state index contributed by atoms with van der Waals surface area (Å²) in [4.78, 5) is 12.7. The van der Waals surface area contributed by atoms with E-state index in [-0.39, 0.29) is 16.7 Å². The van der Waals surface area contributed by atoms with E-state index in [1.54, 1.807) is 36.5 Å². The van der Waals surface area contributed by atoms with Crippen molar-refractivity contribution in [1.29, 1.82) is 0 Å². The van der Waals surface area contributed by atoms with Crippen molar-refractivity contribution in [1.82, 2.24) is 9.73 Å². The van der Waals surface area contributed by atoms with Gasteiger partial charge in [0.1, 0.15) is 5.75 Å². The predicted molar refractivity (Wildman–Crippen MR) is 111 cm³/mol. The quantitative estimate of drug-likeness (QED) is 0.556. The Morgan fingerprint density at radius 1 is 1.14 bits per heavy atom. The molecule has 0 saturated carbocycles. The summed E-state index contributed by atoms with van der Waals surface area (Å²) in [7, 11) is -3.52. The fraction of sp³-hybridized carbons (Fsp3) is 0.333. The number of sulfonamides is 1. The Bertz CT molecular complexity index is 953. The van der Waals surface area contributed by atoms with Crippen LogP contribution in [-0.4, -0.2) is 44.5 Å². The summed E-state index contributed by atoms with van der Waals surface area (Å²) in [6.07, 6.45) is 2.48. The van der Waals surface area contributed by atoms with Gasteiger partial charge in [0.15, 0.2) is 0 Å². The first-order valence-electron chi connectivity index (χ1n) is 9.62. The number of hydrazone groups is 1. The molecule has 1 heterocycles. The minimum absolute atomic E-state index is 0.202.